The van der Waals surface area contributed by atoms with Gasteiger partial charge in [0.25, 0.3) is 5.91 Å². The first kappa shape index (κ1) is 25.3. The van der Waals surface area contributed by atoms with E-state index in [9.17, 15) is 9.59 Å². The second-order valence-electron chi connectivity index (χ2n) is 9.47. The van der Waals surface area contributed by atoms with Crippen LogP contribution in [0.4, 0.5) is 0 Å². The lowest BCUT2D eigenvalue weighted by Crippen LogP contribution is -2.42. The molecule has 1 fully saturated rings. The Morgan fingerprint density at radius 1 is 1.00 bits per heavy atom. The first-order chi connectivity index (χ1) is 18.0. The van der Waals surface area contributed by atoms with E-state index in [2.05, 4.69) is 4.90 Å². The molecule has 3 aromatic rings. The number of morpholine rings is 1. The standard InChI is InChI=1S/C29H34N2O6/c1-4-14-36-23-9-7-20(18-24(23)34-3)26-25-27(32)21-17-19(5-2)6-8-22(21)37-28(25)29(33)31(26)11-10-30-12-15-35-16-13-30/h6-9,17-18,26H,4-5,10-16H2,1-3H3. The van der Waals surface area contributed by atoms with Crippen LogP contribution in [0, 0.1) is 0 Å². The van der Waals surface area contributed by atoms with Crippen LogP contribution in [0.2, 0.25) is 0 Å². The first-order valence-corrected chi connectivity index (χ1v) is 13.1. The van der Waals surface area contributed by atoms with Crippen molar-refractivity contribution in [3.63, 3.8) is 0 Å². The van der Waals surface area contributed by atoms with Gasteiger partial charge in [0.1, 0.15) is 5.58 Å². The van der Waals surface area contributed by atoms with E-state index >= 15 is 0 Å². The zero-order valence-corrected chi connectivity index (χ0v) is 21.7. The Morgan fingerprint density at radius 3 is 2.54 bits per heavy atom. The molecule has 2 aliphatic heterocycles. The zero-order valence-electron chi connectivity index (χ0n) is 21.7. The van der Waals surface area contributed by atoms with Gasteiger partial charge in [0.2, 0.25) is 5.76 Å². The number of hydrogen-bond donors (Lipinski definition) is 0. The predicted molar refractivity (Wildman–Crippen MR) is 141 cm³/mol. The van der Waals surface area contributed by atoms with Gasteiger partial charge in [-0.3, -0.25) is 14.5 Å². The van der Waals surface area contributed by atoms with Crippen molar-refractivity contribution >= 4 is 16.9 Å². The highest BCUT2D eigenvalue weighted by atomic mass is 16.5. The molecular weight excluding hydrogens is 472 g/mol. The van der Waals surface area contributed by atoms with Crippen LogP contribution in [0.25, 0.3) is 11.0 Å². The molecular formula is C29H34N2O6. The Morgan fingerprint density at radius 2 is 1.81 bits per heavy atom. The average Bonchev–Trinajstić information content (AvgIpc) is 3.22. The summed E-state index contributed by atoms with van der Waals surface area (Å²) in [6, 6.07) is 10.7. The van der Waals surface area contributed by atoms with E-state index in [0.717, 1.165) is 37.1 Å². The van der Waals surface area contributed by atoms with Crippen LogP contribution in [0.1, 0.15) is 53.6 Å². The SMILES string of the molecule is CCCOc1ccc(C2c3c(oc4ccc(CC)cc4c3=O)C(=O)N2CCN2CCOCC2)cc1OC. The molecule has 0 aliphatic carbocycles. The predicted octanol–water partition coefficient (Wildman–Crippen LogP) is 4.03. The van der Waals surface area contributed by atoms with E-state index in [0.29, 0.717) is 60.9 Å². The van der Waals surface area contributed by atoms with Crippen LogP contribution in [0.15, 0.2) is 45.6 Å². The number of amides is 1. The average molecular weight is 507 g/mol. The van der Waals surface area contributed by atoms with Crippen LogP contribution in [0.3, 0.4) is 0 Å². The number of hydrogen-bond acceptors (Lipinski definition) is 7. The minimum absolute atomic E-state index is 0.124. The summed E-state index contributed by atoms with van der Waals surface area (Å²) < 4.78 is 23.1. The third-order valence-electron chi connectivity index (χ3n) is 7.16. The summed E-state index contributed by atoms with van der Waals surface area (Å²) >= 11 is 0. The van der Waals surface area contributed by atoms with Crippen molar-refractivity contribution in [1.82, 2.24) is 9.80 Å². The number of benzene rings is 2. The smallest absolute Gasteiger partial charge is 0.290 e. The van der Waals surface area contributed by atoms with Crippen LogP contribution < -0.4 is 14.9 Å². The molecule has 0 bridgehead atoms. The molecule has 3 heterocycles. The van der Waals surface area contributed by atoms with Crippen molar-refractivity contribution in [2.24, 2.45) is 0 Å². The zero-order chi connectivity index (χ0) is 25.9. The molecule has 0 radical (unpaired) electrons. The highest BCUT2D eigenvalue weighted by molar-refractivity contribution is 5.99. The molecule has 8 heteroatoms. The monoisotopic (exact) mass is 506 g/mol. The lowest BCUT2D eigenvalue weighted by molar-refractivity contribution is 0.0314. The molecule has 0 saturated carbocycles. The van der Waals surface area contributed by atoms with Gasteiger partial charge in [-0.15, -0.1) is 0 Å². The van der Waals surface area contributed by atoms with E-state index < -0.39 is 6.04 Å². The largest absolute Gasteiger partial charge is 0.493 e. The van der Waals surface area contributed by atoms with Crippen LogP contribution in [-0.4, -0.2) is 68.8 Å². The van der Waals surface area contributed by atoms with Gasteiger partial charge in [-0.1, -0.05) is 26.0 Å². The van der Waals surface area contributed by atoms with Crippen LogP contribution >= 0.6 is 0 Å². The highest BCUT2D eigenvalue weighted by Crippen LogP contribution is 2.41. The Balaban J connectivity index is 1.60. The van der Waals surface area contributed by atoms with Gasteiger partial charge in [-0.25, -0.2) is 0 Å². The van der Waals surface area contributed by atoms with E-state index in [4.69, 9.17) is 18.6 Å². The highest BCUT2D eigenvalue weighted by Gasteiger charge is 2.43. The summed E-state index contributed by atoms with van der Waals surface area (Å²) in [5, 5.41) is 0.501. The molecule has 8 nitrogen and oxygen atoms in total. The van der Waals surface area contributed by atoms with E-state index in [1.807, 2.05) is 44.2 Å². The van der Waals surface area contributed by atoms with Gasteiger partial charge in [0.05, 0.1) is 43.9 Å². The topological polar surface area (TPSA) is 81.5 Å². The van der Waals surface area contributed by atoms with Gasteiger partial charge in [-0.05, 0) is 48.2 Å². The fraction of sp³-hybridized carbons (Fsp3) is 0.448. The summed E-state index contributed by atoms with van der Waals surface area (Å²) in [4.78, 5) is 31.7. The number of rotatable bonds is 9. The molecule has 1 aromatic heterocycles. The Labute approximate surface area is 216 Å². The molecule has 0 spiro atoms. The quantitative estimate of drug-likeness (QED) is 0.433. The molecule has 0 N–H and O–H groups in total. The minimum atomic E-state index is -0.580. The molecule has 196 valence electrons. The second kappa shape index (κ2) is 10.9. The third kappa shape index (κ3) is 4.83. The number of nitrogens with zero attached hydrogens (tertiary/aromatic N) is 2. The Hall–Kier alpha value is -3.36. The molecule has 2 aromatic carbocycles. The summed E-state index contributed by atoms with van der Waals surface area (Å²) in [5.74, 6) is 1.06. The Bertz CT molecular complexity index is 1340. The number of carbonyl (C=O) groups is 1. The Kier molecular flexibility index (Phi) is 7.48. The first-order valence-electron chi connectivity index (χ1n) is 13.1. The fourth-order valence-corrected chi connectivity index (χ4v) is 5.12. The summed E-state index contributed by atoms with van der Waals surface area (Å²) in [5.41, 5.74) is 2.49. The lowest BCUT2D eigenvalue weighted by Gasteiger charge is -2.31. The van der Waals surface area contributed by atoms with Crippen LogP contribution in [-0.2, 0) is 11.2 Å². The summed E-state index contributed by atoms with van der Waals surface area (Å²) in [6.07, 6.45) is 1.68. The van der Waals surface area contributed by atoms with Crippen molar-refractivity contribution in [1.29, 1.82) is 0 Å². The second-order valence-corrected chi connectivity index (χ2v) is 9.47. The number of carbonyl (C=O) groups excluding carboxylic acids is 1. The normalized spacial score (nSPS) is 17.9. The maximum Gasteiger partial charge on any atom is 0.290 e. The number of methoxy groups -OCH3 is 1. The maximum absolute atomic E-state index is 13.9. The molecule has 5 rings (SSSR count). The molecule has 2 aliphatic rings. The third-order valence-corrected chi connectivity index (χ3v) is 7.16. The van der Waals surface area contributed by atoms with E-state index in [-0.39, 0.29) is 17.1 Å². The van der Waals surface area contributed by atoms with Crippen molar-refractivity contribution in [3.05, 3.63) is 69.1 Å². The minimum Gasteiger partial charge on any atom is -0.493 e. The molecule has 1 saturated heterocycles. The van der Waals surface area contributed by atoms with Crippen LogP contribution in [0.5, 0.6) is 11.5 Å². The van der Waals surface area contributed by atoms with Gasteiger partial charge in [-0.2, -0.15) is 0 Å². The van der Waals surface area contributed by atoms with Crippen molar-refractivity contribution in [2.75, 3.05) is 53.1 Å². The molecule has 1 atom stereocenters. The maximum atomic E-state index is 13.9. The van der Waals surface area contributed by atoms with E-state index in [1.54, 1.807) is 18.1 Å². The van der Waals surface area contributed by atoms with Gasteiger partial charge in [0, 0.05) is 26.2 Å². The molecule has 1 unspecified atom stereocenters. The summed E-state index contributed by atoms with van der Waals surface area (Å²) in [7, 11) is 1.59. The molecule has 37 heavy (non-hydrogen) atoms. The van der Waals surface area contributed by atoms with Crippen molar-refractivity contribution in [2.45, 2.75) is 32.7 Å². The van der Waals surface area contributed by atoms with E-state index in [1.165, 1.54) is 0 Å². The summed E-state index contributed by atoms with van der Waals surface area (Å²) in [6.45, 7) is 8.80. The number of aryl methyl sites for hydroxylation is 1. The van der Waals surface area contributed by atoms with Crippen molar-refractivity contribution in [3.8, 4) is 11.5 Å². The fourth-order valence-electron chi connectivity index (χ4n) is 5.12. The van der Waals surface area contributed by atoms with Gasteiger partial charge in [0.15, 0.2) is 16.9 Å². The number of ether oxygens (including phenoxy) is 3. The van der Waals surface area contributed by atoms with Gasteiger partial charge >= 0.3 is 0 Å². The molecule has 1 amide bonds. The van der Waals surface area contributed by atoms with Gasteiger partial charge < -0.3 is 23.5 Å². The lowest BCUT2D eigenvalue weighted by atomic mass is 9.97. The van der Waals surface area contributed by atoms with Crippen molar-refractivity contribution < 1.29 is 23.4 Å². The number of fused-ring (bicyclic) bond motifs is 2.